The van der Waals surface area contributed by atoms with E-state index < -0.39 is 92.3 Å². The minimum Gasteiger partial charge on any atom is -0.478 e. The van der Waals surface area contributed by atoms with E-state index in [0.29, 0.717) is 45.4 Å². The van der Waals surface area contributed by atoms with Crippen molar-refractivity contribution in [3.8, 4) is 11.5 Å². The van der Waals surface area contributed by atoms with E-state index in [1.54, 1.807) is 61.7 Å². The number of pyridine rings is 2. The average Bonchev–Trinajstić information content (AvgIpc) is 0.719. The number of aryl methyl sites for hydroxylation is 2. The van der Waals surface area contributed by atoms with E-state index in [0.717, 1.165) is 11.6 Å². The van der Waals surface area contributed by atoms with Gasteiger partial charge in [-0.2, -0.15) is 0 Å². The van der Waals surface area contributed by atoms with Gasteiger partial charge in [-0.1, -0.05) is 89.9 Å². The van der Waals surface area contributed by atoms with Crippen LogP contribution in [0.5, 0.6) is 11.5 Å². The summed E-state index contributed by atoms with van der Waals surface area (Å²) >= 11 is 11.8. The number of halogens is 4. The van der Waals surface area contributed by atoms with Crippen molar-refractivity contribution in [3.05, 3.63) is 231 Å². The number of aromatic nitrogens is 2. The number of esters is 3. The number of aromatic carboxylic acids is 1. The van der Waals surface area contributed by atoms with Crippen LogP contribution in [0.25, 0.3) is 0 Å². The van der Waals surface area contributed by atoms with Crippen molar-refractivity contribution in [2.24, 2.45) is 11.8 Å². The predicted octanol–water partition coefficient (Wildman–Crippen LogP) is 10.1. The molecule has 2 saturated carbocycles. The van der Waals surface area contributed by atoms with E-state index in [1.165, 1.54) is 88.9 Å². The molecule has 482 valence electrons. The summed E-state index contributed by atoms with van der Waals surface area (Å²) in [4.78, 5) is 136. The number of carboxylic acids is 1. The number of rotatable bonds is 20. The van der Waals surface area contributed by atoms with Gasteiger partial charge in [0.05, 0.1) is 54.5 Å². The maximum Gasteiger partial charge on any atom is 0.343 e. The molecule has 11 rings (SSSR count). The number of carbonyl (C=O) groups excluding carboxylic acids is 7. The number of likely N-dealkylation sites (N-methyl/N-ethyl adjacent to an activating group) is 2. The lowest BCUT2D eigenvalue weighted by molar-refractivity contribution is -0.0190. The van der Waals surface area contributed by atoms with Crippen LogP contribution in [-0.4, -0.2) is 126 Å². The number of ketones is 2. The monoisotopic (exact) mass is 1310 g/mol. The van der Waals surface area contributed by atoms with E-state index >= 15 is 0 Å². The van der Waals surface area contributed by atoms with Gasteiger partial charge in [-0.15, -0.1) is 0 Å². The smallest absolute Gasteiger partial charge is 0.343 e. The molecule has 2 aliphatic carbocycles. The highest BCUT2D eigenvalue weighted by atomic mass is 35.5. The number of methoxy groups -OCH3 is 2. The number of Topliss-reactive ketones (excluding diaryl/α,β-unsaturated/α-hetero) is 2. The van der Waals surface area contributed by atoms with Crippen molar-refractivity contribution in [2.75, 3.05) is 54.6 Å². The fourth-order valence-corrected chi connectivity index (χ4v) is 13.1. The summed E-state index contributed by atoms with van der Waals surface area (Å²) in [7, 11) is 6.35. The van der Waals surface area contributed by atoms with Gasteiger partial charge >= 0.3 is 23.9 Å². The second kappa shape index (κ2) is 27.8. The largest absolute Gasteiger partial charge is 0.478 e. The molecule has 20 nitrogen and oxygen atoms in total. The van der Waals surface area contributed by atoms with E-state index in [1.807, 2.05) is 18.2 Å². The maximum atomic E-state index is 14.6. The minimum absolute atomic E-state index is 0.0185. The molecule has 2 aliphatic heterocycles. The highest BCUT2D eigenvalue weighted by Gasteiger charge is 2.54. The first kappa shape index (κ1) is 66.4. The molecular formula is C69H62Cl2F2N4O16. The van der Waals surface area contributed by atoms with Crippen LogP contribution in [-0.2, 0) is 44.7 Å². The van der Waals surface area contributed by atoms with Crippen molar-refractivity contribution >= 4 is 70.5 Å². The van der Waals surface area contributed by atoms with Gasteiger partial charge in [0, 0.05) is 79.9 Å². The van der Waals surface area contributed by atoms with Crippen molar-refractivity contribution in [3.63, 3.8) is 0 Å². The van der Waals surface area contributed by atoms with E-state index in [9.17, 15) is 61.8 Å². The predicted molar refractivity (Wildman–Crippen MR) is 334 cm³/mol. The number of amides is 2. The number of fused-ring (bicyclic) bond motifs is 4. The molecule has 2 amide bonds. The Balaban J connectivity index is 0.000000206. The number of ether oxygens (including phenoxy) is 5. The standard InChI is InChI=1S/C38H34ClFN2O8.C31H28ClFN2O8/c1-41-22-38(17-24(18-38)20-48-2)42-19-28(30(43)15-14-25-10-7-13-29(39)31(25)40)33(44)34(32(42)35(41)45)50-37(47)27-12-6-11-26(16-27)36(46)49-21-23-8-4-3-5-9-23;1-34-16-31(12-17(13-31)15-42-2)35-14-21(23(36)10-9-18-5-4-8-22(32)24(18)33)26(37)27(25(35)28(34)38)43-30(41)20-7-3-6-19(11-20)29(39)40/h3-13,16,19,24H,14-15,17-18,20-22H2,1-2H3;3-8,11,14,17H,9-10,12-13,15-16H2,1-2H3,(H,39,40). The second-order valence-corrected chi connectivity index (χ2v) is 24.5. The molecule has 5 aromatic carbocycles. The van der Waals surface area contributed by atoms with Gasteiger partial charge in [-0.25, -0.2) is 28.0 Å². The summed E-state index contributed by atoms with van der Waals surface area (Å²) in [6.45, 7) is 1.57. The molecule has 1 N–H and O–H groups in total. The Labute approximate surface area is 541 Å². The molecule has 4 heterocycles. The summed E-state index contributed by atoms with van der Waals surface area (Å²) in [6.07, 6.45) is 4.41. The van der Waals surface area contributed by atoms with Gasteiger partial charge in [-0.05, 0) is 116 Å². The van der Waals surface area contributed by atoms with Crippen LogP contribution in [0.2, 0.25) is 10.0 Å². The SMILES string of the molecule is COCC1CC2(C1)CN(C)C(=O)c1c(OC(=O)c3cccc(C(=O)O)c3)c(=O)c(C(=O)CCc3cccc(Cl)c3F)cn12.COCC1CC2(C1)CN(C)C(=O)c1c(OC(=O)c3cccc(C(=O)OCc4ccccc4)c3)c(=O)c(C(=O)CCc3cccc(Cl)c3F)cn12. The lowest BCUT2D eigenvalue weighted by Gasteiger charge is -2.54. The summed E-state index contributed by atoms with van der Waals surface area (Å²) < 4.78 is 59.5. The third-order valence-corrected chi connectivity index (χ3v) is 17.8. The molecule has 0 radical (unpaired) electrons. The Morgan fingerprint density at radius 1 is 0.548 bits per heavy atom. The summed E-state index contributed by atoms with van der Waals surface area (Å²) in [5, 5.41) is 9.14. The quantitative estimate of drug-likeness (QED) is 0.0550. The molecule has 0 atom stereocenters. The molecule has 2 fully saturated rings. The molecule has 24 heteroatoms. The van der Waals surface area contributed by atoms with Crippen LogP contribution in [0.1, 0.15) is 138 Å². The summed E-state index contributed by atoms with van der Waals surface area (Å²) in [5.74, 6) is -8.69. The Bertz CT molecular complexity index is 4290. The normalized spacial score (nSPS) is 18.5. The Hall–Kier alpha value is -9.48. The molecule has 2 spiro atoms. The van der Waals surface area contributed by atoms with Crippen LogP contribution in [0.4, 0.5) is 8.78 Å². The van der Waals surface area contributed by atoms with Crippen LogP contribution in [0.3, 0.4) is 0 Å². The van der Waals surface area contributed by atoms with Gasteiger partial charge in [-0.3, -0.25) is 28.8 Å². The molecular weight excluding hydrogens is 1250 g/mol. The highest BCUT2D eigenvalue weighted by Crippen LogP contribution is 2.50. The van der Waals surface area contributed by atoms with Crippen LogP contribution in [0.15, 0.2) is 137 Å². The number of hydrogen-bond donors (Lipinski definition) is 1. The average molecular weight is 1310 g/mol. The van der Waals surface area contributed by atoms with Crippen molar-refractivity contribution in [2.45, 2.75) is 69.1 Å². The molecule has 0 unspecified atom stereocenters. The summed E-state index contributed by atoms with van der Waals surface area (Å²) in [5.41, 5.74) is -3.46. The third-order valence-electron chi connectivity index (χ3n) is 17.2. The van der Waals surface area contributed by atoms with Gasteiger partial charge in [0.2, 0.25) is 22.4 Å². The van der Waals surface area contributed by atoms with Crippen molar-refractivity contribution in [1.29, 1.82) is 0 Å². The molecule has 7 aromatic rings. The lowest BCUT2D eigenvalue weighted by atomic mass is 9.67. The minimum atomic E-state index is -1.27. The van der Waals surface area contributed by atoms with Gasteiger partial charge in [0.15, 0.2) is 23.0 Å². The van der Waals surface area contributed by atoms with Crippen LogP contribution < -0.4 is 20.3 Å². The molecule has 2 aromatic heterocycles. The number of carboxylic acid groups (broad SMARTS) is 1. The highest BCUT2D eigenvalue weighted by molar-refractivity contribution is 6.31. The number of carbonyl (C=O) groups is 8. The Kier molecular flexibility index (Phi) is 19.8. The number of nitrogens with zero attached hydrogens (tertiary/aromatic N) is 4. The summed E-state index contributed by atoms with van der Waals surface area (Å²) in [6, 6.07) is 28.6. The van der Waals surface area contributed by atoms with Crippen LogP contribution >= 0.6 is 23.2 Å². The van der Waals surface area contributed by atoms with Gasteiger partial charge in [0.25, 0.3) is 11.8 Å². The second-order valence-electron chi connectivity index (χ2n) is 23.6. The van der Waals surface area contributed by atoms with E-state index in [4.69, 9.17) is 46.9 Å². The van der Waals surface area contributed by atoms with E-state index in [-0.39, 0.29) is 117 Å². The fraction of sp³-hybridized carbons (Fsp3) is 0.304. The molecule has 0 saturated heterocycles. The third kappa shape index (κ3) is 13.7. The first-order valence-electron chi connectivity index (χ1n) is 29.6. The van der Waals surface area contributed by atoms with Gasteiger partial charge in [0.1, 0.15) is 18.2 Å². The zero-order valence-corrected chi connectivity index (χ0v) is 52.4. The van der Waals surface area contributed by atoms with Crippen molar-refractivity contribution < 1.29 is 75.9 Å². The first-order chi connectivity index (χ1) is 44.5. The molecule has 4 aliphatic rings. The van der Waals surface area contributed by atoms with Crippen LogP contribution in [0, 0.1) is 23.5 Å². The zero-order valence-electron chi connectivity index (χ0n) is 50.8. The first-order valence-corrected chi connectivity index (χ1v) is 30.3. The number of hydrogen-bond acceptors (Lipinski definition) is 15. The zero-order chi connectivity index (χ0) is 66.6. The maximum absolute atomic E-state index is 14.6. The molecule has 93 heavy (non-hydrogen) atoms. The number of benzene rings is 5. The fourth-order valence-electron chi connectivity index (χ4n) is 12.8. The van der Waals surface area contributed by atoms with Gasteiger partial charge < -0.3 is 47.7 Å². The molecule has 0 bridgehead atoms. The Morgan fingerprint density at radius 2 is 0.946 bits per heavy atom. The van der Waals surface area contributed by atoms with E-state index in [2.05, 4.69) is 0 Å². The lowest BCUT2D eigenvalue weighted by Crippen LogP contribution is -2.60. The topological polar surface area (TPSA) is 253 Å². The van der Waals surface area contributed by atoms with Crippen molar-refractivity contribution in [1.82, 2.24) is 18.9 Å². The Morgan fingerprint density at radius 3 is 1.37 bits per heavy atom.